The fraction of sp³-hybridized carbons (Fsp3) is 0.0769. The average molecular weight is 395 g/mol. The fourth-order valence-corrected chi connectivity index (χ4v) is 3.08. The Morgan fingerprint density at radius 2 is 1.95 bits per heavy atom. The Kier molecular flexibility index (Phi) is 4.75. The Labute approximate surface area is 135 Å². The van der Waals surface area contributed by atoms with E-state index in [1.54, 1.807) is 6.07 Å². The van der Waals surface area contributed by atoms with Crippen LogP contribution in [0.1, 0.15) is 0 Å². The number of ether oxygens (including phenoxy) is 1. The van der Waals surface area contributed by atoms with Crippen molar-refractivity contribution in [2.24, 2.45) is 0 Å². The van der Waals surface area contributed by atoms with Gasteiger partial charge in [0, 0.05) is 4.47 Å². The van der Waals surface area contributed by atoms with E-state index in [4.69, 9.17) is 16.3 Å². The molecule has 0 aliphatic heterocycles. The lowest BCUT2D eigenvalue weighted by Gasteiger charge is -2.10. The molecule has 0 radical (unpaired) electrons. The van der Waals surface area contributed by atoms with Crippen molar-refractivity contribution in [2.45, 2.75) is 4.90 Å². The molecule has 0 spiro atoms. The second kappa shape index (κ2) is 6.21. The first-order chi connectivity index (χ1) is 9.83. The highest BCUT2D eigenvalue weighted by atomic mass is 79.9. The van der Waals surface area contributed by atoms with Crippen molar-refractivity contribution in [3.05, 3.63) is 51.7 Å². The van der Waals surface area contributed by atoms with Crippen molar-refractivity contribution in [2.75, 3.05) is 11.8 Å². The molecule has 0 aliphatic carbocycles. The largest absolute Gasteiger partial charge is 0.494 e. The number of anilines is 1. The predicted octanol–water partition coefficient (Wildman–Crippen LogP) is 4.05. The molecule has 0 saturated carbocycles. The summed E-state index contributed by atoms with van der Waals surface area (Å²) >= 11 is 9.10. The summed E-state index contributed by atoms with van der Waals surface area (Å²) in [7, 11) is -2.61. The highest BCUT2D eigenvalue weighted by Crippen LogP contribution is 2.27. The van der Waals surface area contributed by atoms with Crippen molar-refractivity contribution in [3.63, 3.8) is 0 Å². The van der Waals surface area contributed by atoms with Crippen molar-refractivity contribution in [3.8, 4) is 5.75 Å². The van der Waals surface area contributed by atoms with Gasteiger partial charge in [0.1, 0.15) is 0 Å². The van der Waals surface area contributed by atoms with Crippen LogP contribution in [0.15, 0.2) is 45.8 Å². The molecule has 0 amide bonds. The summed E-state index contributed by atoms with van der Waals surface area (Å²) in [5, 5.41) is 0.358. The van der Waals surface area contributed by atoms with Gasteiger partial charge in [0.25, 0.3) is 10.0 Å². The first-order valence-corrected chi connectivity index (χ1v) is 8.30. The highest BCUT2D eigenvalue weighted by Gasteiger charge is 2.17. The van der Waals surface area contributed by atoms with E-state index < -0.39 is 15.8 Å². The van der Waals surface area contributed by atoms with Gasteiger partial charge in [0.2, 0.25) is 0 Å². The molecule has 112 valence electrons. The molecule has 0 atom stereocenters. The molecular formula is C13H10BrClFNO3S. The summed E-state index contributed by atoms with van der Waals surface area (Å²) in [5.74, 6) is -0.783. The van der Waals surface area contributed by atoms with Gasteiger partial charge >= 0.3 is 0 Å². The topological polar surface area (TPSA) is 55.4 Å². The van der Waals surface area contributed by atoms with E-state index in [-0.39, 0.29) is 16.3 Å². The highest BCUT2D eigenvalue weighted by molar-refractivity contribution is 9.10. The van der Waals surface area contributed by atoms with Crippen LogP contribution < -0.4 is 9.46 Å². The molecule has 1 N–H and O–H groups in total. The molecule has 0 aliphatic rings. The lowest BCUT2D eigenvalue weighted by atomic mass is 10.3. The molecule has 0 fully saturated rings. The molecule has 8 heteroatoms. The summed E-state index contributed by atoms with van der Waals surface area (Å²) in [4.78, 5) is -0.208. The summed E-state index contributed by atoms with van der Waals surface area (Å²) in [6.45, 7) is 0. The molecule has 0 bridgehead atoms. The van der Waals surface area contributed by atoms with Gasteiger partial charge in [-0.05, 0) is 52.3 Å². The molecule has 2 aromatic rings. The third-order valence-electron chi connectivity index (χ3n) is 2.61. The van der Waals surface area contributed by atoms with E-state index in [1.807, 2.05) is 0 Å². The fourth-order valence-electron chi connectivity index (χ4n) is 1.59. The van der Waals surface area contributed by atoms with Gasteiger partial charge in [0.05, 0.1) is 22.7 Å². The summed E-state index contributed by atoms with van der Waals surface area (Å²) < 4.78 is 45.7. The van der Waals surface area contributed by atoms with Crippen LogP contribution in [0.2, 0.25) is 5.02 Å². The Hall–Kier alpha value is -1.31. The van der Waals surface area contributed by atoms with Crippen molar-refractivity contribution >= 4 is 43.2 Å². The van der Waals surface area contributed by atoms with Gasteiger partial charge in [-0.2, -0.15) is 0 Å². The Morgan fingerprint density at radius 1 is 1.24 bits per heavy atom. The van der Waals surface area contributed by atoms with Crippen LogP contribution in [0.4, 0.5) is 10.1 Å². The summed E-state index contributed by atoms with van der Waals surface area (Å²) in [6, 6.07) is 7.98. The number of methoxy groups -OCH3 is 1. The van der Waals surface area contributed by atoms with E-state index in [2.05, 4.69) is 20.7 Å². The van der Waals surface area contributed by atoms with E-state index in [9.17, 15) is 12.8 Å². The number of sulfonamides is 1. The number of hydrogen-bond acceptors (Lipinski definition) is 3. The average Bonchev–Trinajstić information content (AvgIpc) is 2.42. The van der Waals surface area contributed by atoms with Gasteiger partial charge in [-0.3, -0.25) is 4.72 Å². The van der Waals surface area contributed by atoms with Gasteiger partial charge < -0.3 is 4.74 Å². The number of halogens is 3. The zero-order valence-corrected chi connectivity index (χ0v) is 13.9. The van der Waals surface area contributed by atoms with E-state index in [1.165, 1.54) is 31.4 Å². The minimum atomic E-state index is -3.91. The van der Waals surface area contributed by atoms with Crippen LogP contribution in [-0.2, 0) is 10.0 Å². The summed E-state index contributed by atoms with van der Waals surface area (Å²) in [6.07, 6.45) is 0. The smallest absolute Gasteiger partial charge is 0.262 e. The zero-order valence-electron chi connectivity index (χ0n) is 10.7. The number of hydrogen-bond donors (Lipinski definition) is 1. The second-order valence-electron chi connectivity index (χ2n) is 4.03. The van der Waals surface area contributed by atoms with Crippen LogP contribution >= 0.6 is 27.5 Å². The number of nitrogens with one attached hydrogen (secondary N) is 1. The predicted molar refractivity (Wildman–Crippen MR) is 82.9 cm³/mol. The molecule has 0 saturated heterocycles. The van der Waals surface area contributed by atoms with Crippen molar-refractivity contribution < 1.29 is 17.5 Å². The standard InChI is InChI=1S/C13H10BrClFNO3S/c1-20-13-5-3-9(7-12(13)16)21(18,19)17-8-2-4-10(14)11(15)6-8/h2-7,17H,1H3. The van der Waals surface area contributed by atoms with Crippen LogP contribution in [0, 0.1) is 5.82 Å². The molecule has 0 unspecified atom stereocenters. The molecule has 0 heterocycles. The maximum absolute atomic E-state index is 13.6. The monoisotopic (exact) mass is 393 g/mol. The van der Waals surface area contributed by atoms with E-state index in [0.717, 1.165) is 6.07 Å². The van der Waals surface area contributed by atoms with Gasteiger partial charge in [-0.25, -0.2) is 12.8 Å². The third kappa shape index (κ3) is 3.66. The van der Waals surface area contributed by atoms with Gasteiger partial charge in [0.15, 0.2) is 11.6 Å². The Bertz CT molecular complexity index is 783. The number of rotatable bonds is 4. The van der Waals surface area contributed by atoms with Gasteiger partial charge in [-0.15, -0.1) is 0 Å². The maximum Gasteiger partial charge on any atom is 0.262 e. The maximum atomic E-state index is 13.6. The Balaban J connectivity index is 2.33. The second-order valence-corrected chi connectivity index (χ2v) is 6.97. The quantitative estimate of drug-likeness (QED) is 0.851. The molecule has 0 aromatic heterocycles. The van der Waals surface area contributed by atoms with E-state index >= 15 is 0 Å². The molecular weight excluding hydrogens is 385 g/mol. The van der Waals surface area contributed by atoms with E-state index in [0.29, 0.717) is 9.50 Å². The Morgan fingerprint density at radius 3 is 2.52 bits per heavy atom. The minimum absolute atomic E-state index is 0.0272. The van der Waals surface area contributed by atoms with Crippen molar-refractivity contribution in [1.82, 2.24) is 0 Å². The first kappa shape index (κ1) is 16.1. The minimum Gasteiger partial charge on any atom is -0.494 e. The lowest BCUT2D eigenvalue weighted by Crippen LogP contribution is -2.13. The molecule has 2 aromatic carbocycles. The SMILES string of the molecule is COc1ccc(S(=O)(=O)Nc2ccc(Br)c(Cl)c2)cc1F. The lowest BCUT2D eigenvalue weighted by molar-refractivity contribution is 0.385. The van der Waals surface area contributed by atoms with Crippen LogP contribution in [-0.4, -0.2) is 15.5 Å². The first-order valence-electron chi connectivity index (χ1n) is 5.65. The van der Waals surface area contributed by atoms with Gasteiger partial charge in [-0.1, -0.05) is 11.6 Å². The van der Waals surface area contributed by atoms with Crippen LogP contribution in [0.5, 0.6) is 5.75 Å². The zero-order chi connectivity index (χ0) is 15.6. The molecule has 21 heavy (non-hydrogen) atoms. The molecule has 2 rings (SSSR count). The normalized spacial score (nSPS) is 11.2. The molecule has 4 nitrogen and oxygen atoms in total. The van der Waals surface area contributed by atoms with Crippen LogP contribution in [0.25, 0.3) is 0 Å². The number of benzene rings is 2. The van der Waals surface area contributed by atoms with Crippen LogP contribution in [0.3, 0.4) is 0 Å². The summed E-state index contributed by atoms with van der Waals surface area (Å²) in [5.41, 5.74) is 0.277. The third-order valence-corrected chi connectivity index (χ3v) is 5.22. The van der Waals surface area contributed by atoms with Crippen molar-refractivity contribution in [1.29, 1.82) is 0 Å².